The van der Waals surface area contributed by atoms with Crippen LogP contribution in [0.4, 0.5) is 4.39 Å². The molecule has 28 heavy (non-hydrogen) atoms. The number of aromatic hydroxyl groups is 1. The Hall–Kier alpha value is -2.98. The third-order valence-corrected chi connectivity index (χ3v) is 5.21. The first kappa shape index (κ1) is 18.4. The Labute approximate surface area is 164 Å². The molecule has 0 saturated carbocycles. The van der Waals surface area contributed by atoms with Crippen molar-refractivity contribution in [1.82, 2.24) is 5.32 Å². The average molecular weight is 374 g/mol. The third-order valence-electron chi connectivity index (χ3n) is 5.21. The van der Waals surface area contributed by atoms with Crippen LogP contribution in [0.2, 0.25) is 0 Å². The van der Waals surface area contributed by atoms with Gasteiger partial charge in [-0.25, -0.2) is 4.39 Å². The second-order valence-electron chi connectivity index (χ2n) is 7.07. The molecule has 1 aliphatic rings. The van der Waals surface area contributed by atoms with Gasteiger partial charge in [0.25, 0.3) is 0 Å². The lowest BCUT2D eigenvalue weighted by Gasteiger charge is -2.31. The van der Waals surface area contributed by atoms with Crippen LogP contribution in [0.3, 0.4) is 0 Å². The number of rotatable bonds is 4. The van der Waals surface area contributed by atoms with Gasteiger partial charge in [0.05, 0.1) is 0 Å². The number of halogens is 1. The number of nitrogens with zero attached hydrogens (tertiary/aromatic N) is 1. The van der Waals surface area contributed by atoms with E-state index in [1.54, 1.807) is 12.1 Å². The molecule has 0 bridgehead atoms. The van der Waals surface area contributed by atoms with Crippen molar-refractivity contribution in [2.75, 3.05) is 0 Å². The number of aryl methyl sites for hydroxylation is 1. The van der Waals surface area contributed by atoms with Gasteiger partial charge in [0.2, 0.25) is 0 Å². The number of hydrogen-bond donors (Lipinski definition) is 2. The molecule has 3 nitrogen and oxygen atoms in total. The highest BCUT2D eigenvalue weighted by molar-refractivity contribution is 6.01. The molecule has 0 aromatic heterocycles. The maximum Gasteiger partial charge on any atom is 0.126 e. The number of nitrogens with one attached hydrogen (secondary N) is 1. The summed E-state index contributed by atoms with van der Waals surface area (Å²) >= 11 is 0. The average Bonchev–Trinajstić information content (AvgIpc) is 2.74. The zero-order valence-corrected chi connectivity index (χ0v) is 15.8. The Morgan fingerprint density at radius 1 is 1.04 bits per heavy atom. The van der Waals surface area contributed by atoms with Crippen LogP contribution in [0, 0.1) is 5.82 Å². The monoisotopic (exact) mass is 374 g/mol. The second kappa shape index (κ2) is 7.95. The molecule has 0 unspecified atom stereocenters. The molecular formula is C24H23FN2O. The molecule has 142 valence electrons. The van der Waals surface area contributed by atoms with Crippen molar-refractivity contribution >= 4 is 5.71 Å². The van der Waals surface area contributed by atoms with E-state index in [2.05, 4.69) is 36.5 Å². The van der Waals surface area contributed by atoms with Crippen molar-refractivity contribution < 1.29 is 9.50 Å². The summed E-state index contributed by atoms with van der Waals surface area (Å²) in [7, 11) is 0. The van der Waals surface area contributed by atoms with Gasteiger partial charge < -0.3 is 5.11 Å². The minimum atomic E-state index is -0.380. The molecule has 4 rings (SSSR count). The fourth-order valence-electron chi connectivity index (χ4n) is 3.64. The van der Waals surface area contributed by atoms with Crippen LogP contribution in [-0.4, -0.2) is 10.8 Å². The van der Waals surface area contributed by atoms with Gasteiger partial charge in [-0.2, -0.15) is 0 Å². The summed E-state index contributed by atoms with van der Waals surface area (Å²) in [5.41, 5.74) is 4.87. The molecular weight excluding hydrogens is 351 g/mol. The van der Waals surface area contributed by atoms with Crippen LogP contribution in [0.15, 0.2) is 77.8 Å². The minimum absolute atomic E-state index is 0.118. The van der Waals surface area contributed by atoms with Crippen LogP contribution < -0.4 is 5.32 Å². The molecule has 3 aromatic carbocycles. The van der Waals surface area contributed by atoms with Crippen LogP contribution >= 0.6 is 0 Å². The topological polar surface area (TPSA) is 44.6 Å². The Balaban J connectivity index is 1.74. The van der Waals surface area contributed by atoms with E-state index >= 15 is 0 Å². The van der Waals surface area contributed by atoms with E-state index in [0.29, 0.717) is 6.42 Å². The summed E-state index contributed by atoms with van der Waals surface area (Å²) in [6.45, 7) is 2.13. The first-order chi connectivity index (χ1) is 13.6. The SMILES string of the molecule is CCc1ccc(C2=N[C@@H](c3cccc(F)c3)N[C@H](c3ccccc3O)C2)cc1. The molecule has 1 aliphatic heterocycles. The molecule has 0 aliphatic carbocycles. The van der Waals surface area contributed by atoms with Crippen LogP contribution in [0.25, 0.3) is 0 Å². The van der Waals surface area contributed by atoms with Gasteiger partial charge in [0.1, 0.15) is 17.7 Å². The van der Waals surface area contributed by atoms with Crippen molar-refractivity contribution in [3.8, 4) is 5.75 Å². The summed E-state index contributed by atoms with van der Waals surface area (Å²) < 4.78 is 13.8. The summed E-state index contributed by atoms with van der Waals surface area (Å²) in [6, 6.07) is 22.1. The van der Waals surface area contributed by atoms with E-state index in [1.807, 2.05) is 24.3 Å². The van der Waals surface area contributed by atoms with Crippen molar-refractivity contribution in [1.29, 1.82) is 0 Å². The minimum Gasteiger partial charge on any atom is -0.508 e. The molecule has 0 radical (unpaired) electrons. The van der Waals surface area contributed by atoms with E-state index in [9.17, 15) is 9.50 Å². The standard InChI is InChI=1S/C24H23FN2O/c1-2-16-10-12-17(13-11-16)21-15-22(20-8-3-4-9-23(20)28)27-24(26-21)18-6-5-7-19(25)14-18/h3-14,22,24,27-28H,2,15H2,1H3/t22-,24+/m0/s1. The molecule has 3 aromatic rings. The van der Waals surface area contributed by atoms with E-state index in [1.165, 1.54) is 17.7 Å². The van der Waals surface area contributed by atoms with Gasteiger partial charge in [0, 0.05) is 23.7 Å². The van der Waals surface area contributed by atoms with Gasteiger partial charge in [0.15, 0.2) is 0 Å². The summed E-state index contributed by atoms with van der Waals surface area (Å²) in [4.78, 5) is 4.88. The molecule has 0 spiro atoms. The molecule has 1 heterocycles. The first-order valence-corrected chi connectivity index (χ1v) is 9.59. The number of phenols is 1. The summed E-state index contributed by atoms with van der Waals surface area (Å²) in [5, 5.41) is 13.8. The molecule has 0 amide bonds. The highest BCUT2D eigenvalue weighted by atomic mass is 19.1. The summed E-state index contributed by atoms with van der Waals surface area (Å²) in [6.07, 6.45) is 1.25. The molecule has 4 heteroatoms. The number of phenolic OH excluding ortho intramolecular Hbond substituents is 1. The fourth-order valence-corrected chi connectivity index (χ4v) is 3.64. The molecule has 2 atom stereocenters. The lowest BCUT2D eigenvalue weighted by atomic mass is 9.93. The van der Waals surface area contributed by atoms with E-state index < -0.39 is 0 Å². The normalized spacial score (nSPS) is 19.3. The quantitative estimate of drug-likeness (QED) is 0.649. The van der Waals surface area contributed by atoms with Crippen LogP contribution in [0.5, 0.6) is 5.75 Å². The Morgan fingerprint density at radius 2 is 1.82 bits per heavy atom. The number of benzene rings is 3. The number of para-hydroxylation sites is 1. The van der Waals surface area contributed by atoms with Crippen molar-refractivity contribution in [3.63, 3.8) is 0 Å². The van der Waals surface area contributed by atoms with Gasteiger partial charge in [-0.3, -0.25) is 10.3 Å². The largest absolute Gasteiger partial charge is 0.508 e. The third kappa shape index (κ3) is 3.82. The molecule has 0 fully saturated rings. The zero-order valence-electron chi connectivity index (χ0n) is 15.8. The highest BCUT2D eigenvalue weighted by Gasteiger charge is 2.27. The Bertz CT molecular complexity index is 997. The van der Waals surface area contributed by atoms with Gasteiger partial charge in [-0.1, -0.05) is 61.5 Å². The smallest absolute Gasteiger partial charge is 0.126 e. The zero-order chi connectivity index (χ0) is 19.5. The van der Waals surface area contributed by atoms with Gasteiger partial charge in [-0.15, -0.1) is 0 Å². The van der Waals surface area contributed by atoms with Gasteiger partial charge in [-0.05, 0) is 41.3 Å². The number of hydrogen-bond acceptors (Lipinski definition) is 3. The Morgan fingerprint density at radius 3 is 2.54 bits per heavy atom. The highest BCUT2D eigenvalue weighted by Crippen LogP contribution is 2.34. The van der Waals surface area contributed by atoms with E-state index in [-0.39, 0.29) is 23.8 Å². The van der Waals surface area contributed by atoms with Crippen molar-refractivity contribution in [2.24, 2.45) is 4.99 Å². The predicted octanol–water partition coefficient (Wildman–Crippen LogP) is 5.32. The van der Waals surface area contributed by atoms with Crippen LogP contribution in [-0.2, 0) is 6.42 Å². The summed E-state index contributed by atoms with van der Waals surface area (Å²) in [5.74, 6) is -0.0337. The first-order valence-electron chi connectivity index (χ1n) is 9.59. The van der Waals surface area contributed by atoms with Crippen molar-refractivity contribution in [2.45, 2.75) is 32.0 Å². The maximum atomic E-state index is 13.8. The maximum absolute atomic E-state index is 13.8. The van der Waals surface area contributed by atoms with Crippen LogP contribution in [0.1, 0.15) is 47.8 Å². The van der Waals surface area contributed by atoms with E-state index in [4.69, 9.17) is 4.99 Å². The van der Waals surface area contributed by atoms with E-state index in [0.717, 1.165) is 28.8 Å². The lowest BCUT2D eigenvalue weighted by molar-refractivity contribution is 0.412. The second-order valence-corrected chi connectivity index (χ2v) is 7.07. The Kier molecular flexibility index (Phi) is 5.22. The fraction of sp³-hybridized carbons (Fsp3) is 0.208. The predicted molar refractivity (Wildman–Crippen MR) is 110 cm³/mol. The number of aliphatic imine (C=N–C) groups is 1. The lowest BCUT2D eigenvalue weighted by Crippen LogP contribution is -2.33. The molecule has 2 N–H and O–H groups in total. The van der Waals surface area contributed by atoms with Gasteiger partial charge >= 0.3 is 0 Å². The van der Waals surface area contributed by atoms with Crippen molar-refractivity contribution in [3.05, 3.63) is 101 Å². The molecule has 0 saturated heterocycles.